The molecule has 0 radical (unpaired) electrons. The van der Waals surface area contributed by atoms with E-state index in [-0.39, 0.29) is 0 Å². The first kappa shape index (κ1) is 15.4. The van der Waals surface area contributed by atoms with Crippen LogP contribution in [0.1, 0.15) is 84.0 Å². The first-order valence-corrected chi connectivity index (χ1v) is 9.00. The van der Waals surface area contributed by atoms with Gasteiger partial charge in [0, 0.05) is 6.04 Å². The molecule has 2 saturated carbocycles. The van der Waals surface area contributed by atoms with Crippen molar-refractivity contribution in [1.29, 1.82) is 0 Å². The lowest BCUT2D eigenvalue weighted by atomic mass is 9.83. The Balaban J connectivity index is 1.56. The van der Waals surface area contributed by atoms with Gasteiger partial charge in [-0.05, 0) is 56.9 Å². The van der Waals surface area contributed by atoms with Crippen molar-refractivity contribution in [3.8, 4) is 0 Å². The Hall–Kier alpha value is -0.0400. The normalized spacial score (nSPS) is 30.9. The highest BCUT2D eigenvalue weighted by molar-refractivity contribution is 4.91. The van der Waals surface area contributed by atoms with Crippen LogP contribution in [0.3, 0.4) is 0 Å². The van der Waals surface area contributed by atoms with Gasteiger partial charge in [0.15, 0.2) is 0 Å². The maximum atomic E-state index is 3.59. The third-order valence-corrected chi connectivity index (χ3v) is 5.79. The molecule has 1 heteroatoms. The lowest BCUT2D eigenvalue weighted by Gasteiger charge is -2.26. The molecule has 0 heterocycles. The Morgan fingerprint density at radius 1 is 1.00 bits per heavy atom. The van der Waals surface area contributed by atoms with Crippen LogP contribution < -0.4 is 5.32 Å². The van der Waals surface area contributed by atoms with E-state index in [4.69, 9.17) is 0 Å². The van der Waals surface area contributed by atoms with E-state index in [9.17, 15) is 0 Å². The molecule has 1 N–H and O–H groups in total. The molecule has 0 amide bonds. The van der Waals surface area contributed by atoms with E-state index in [1.54, 1.807) is 25.7 Å². The van der Waals surface area contributed by atoms with E-state index in [0.29, 0.717) is 0 Å². The molecule has 0 aromatic rings. The van der Waals surface area contributed by atoms with Gasteiger partial charge in [-0.1, -0.05) is 51.9 Å². The molecule has 2 fully saturated rings. The zero-order valence-corrected chi connectivity index (χ0v) is 13.3. The van der Waals surface area contributed by atoms with Crippen LogP contribution in [0, 0.1) is 17.8 Å². The van der Waals surface area contributed by atoms with Crippen LogP contribution in [0.4, 0.5) is 0 Å². The van der Waals surface area contributed by atoms with Crippen LogP contribution in [-0.4, -0.2) is 13.1 Å². The summed E-state index contributed by atoms with van der Waals surface area (Å²) >= 11 is 0. The fourth-order valence-electron chi connectivity index (χ4n) is 4.58. The third kappa shape index (κ3) is 4.77. The fourth-order valence-corrected chi connectivity index (χ4v) is 4.58. The first-order valence-electron chi connectivity index (χ1n) is 9.00. The Kier molecular flexibility index (Phi) is 6.70. The molecule has 0 saturated heterocycles. The quantitative estimate of drug-likeness (QED) is 0.539. The number of rotatable bonds is 10. The average molecular weight is 265 g/mol. The molecule has 0 aromatic carbocycles. The van der Waals surface area contributed by atoms with Gasteiger partial charge in [0.05, 0.1) is 0 Å². The smallest absolute Gasteiger partial charge is 0.00668 e. The SMILES string of the molecule is CCCCCCCCC(CC1CC2CCC1C2)NC. The lowest BCUT2D eigenvalue weighted by Crippen LogP contribution is -2.29. The topological polar surface area (TPSA) is 12.0 Å². The van der Waals surface area contributed by atoms with E-state index in [0.717, 1.165) is 23.8 Å². The van der Waals surface area contributed by atoms with E-state index >= 15 is 0 Å². The second-order valence-electron chi connectivity index (χ2n) is 7.21. The van der Waals surface area contributed by atoms with Crippen LogP contribution in [0.15, 0.2) is 0 Å². The highest BCUT2D eigenvalue weighted by Gasteiger charge is 2.39. The minimum atomic E-state index is 0.801. The molecule has 4 unspecified atom stereocenters. The Morgan fingerprint density at radius 2 is 1.79 bits per heavy atom. The number of nitrogens with one attached hydrogen (secondary N) is 1. The van der Waals surface area contributed by atoms with Crippen LogP contribution >= 0.6 is 0 Å². The molecule has 2 bridgehead atoms. The molecule has 0 aliphatic heterocycles. The summed E-state index contributed by atoms with van der Waals surface area (Å²) in [5.41, 5.74) is 0. The second kappa shape index (κ2) is 8.29. The highest BCUT2D eigenvalue weighted by atomic mass is 14.9. The molecule has 2 rings (SSSR count). The molecule has 1 nitrogen and oxygen atoms in total. The number of hydrogen-bond donors (Lipinski definition) is 1. The van der Waals surface area contributed by atoms with Gasteiger partial charge in [-0.25, -0.2) is 0 Å². The van der Waals surface area contributed by atoms with Crippen molar-refractivity contribution in [3.05, 3.63) is 0 Å². The number of unbranched alkanes of at least 4 members (excludes halogenated alkanes) is 5. The molecule has 0 spiro atoms. The lowest BCUT2D eigenvalue weighted by molar-refractivity contribution is 0.274. The predicted octanol–water partition coefficient (Wildman–Crippen LogP) is 5.15. The van der Waals surface area contributed by atoms with E-state index in [2.05, 4.69) is 19.3 Å². The highest BCUT2D eigenvalue weighted by Crippen LogP contribution is 2.50. The minimum Gasteiger partial charge on any atom is -0.317 e. The van der Waals surface area contributed by atoms with Gasteiger partial charge < -0.3 is 5.32 Å². The summed E-state index contributed by atoms with van der Waals surface area (Å²) in [6.07, 6.45) is 17.7. The van der Waals surface area contributed by atoms with Crippen LogP contribution in [0.25, 0.3) is 0 Å². The largest absolute Gasteiger partial charge is 0.317 e. The Bertz CT molecular complexity index is 238. The van der Waals surface area contributed by atoms with Crippen LogP contribution in [-0.2, 0) is 0 Å². The molecule has 4 atom stereocenters. The predicted molar refractivity (Wildman–Crippen MR) is 84.4 cm³/mol. The minimum absolute atomic E-state index is 0.801. The van der Waals surface area contributed by atoms with Crippen molar-refractivity contribution in [3.63, 3.8) is 0 Å². The maximum absolute atomic E-state index is 3.59. The fraction of sp³-hybridized carbons (Fsp3) is 1.00. The monoisotopic (exact) mass is 265 g/mol. The summed E-state index contributed by atoms with van der Waals surface area (Å²) in [6.45, 7) is 2.30. The molecule has 2 aliphatic rings. The van der Waals surface area contributed by atoms with Crippen molar-refractivity contribution in [2.75, 3.05) is 7.05 Å². The third-order valence-electron chi connectivity index (χ3n) is 5.79. The molecular formula is C18H35N. The Labute approximate surface area is 120 Å². The van der Waals surface area contributed by atoms with Crippen molar-refractivity contribution in [1.82, 2.24) is 5.32 Å². The van der Waals surface area contributed by atoms with Gasteiger partial charge in [0.1, 0.15) is 0 Å². The number of hydrogen-bond acceptors (Lipinski definition) is 1. The Morgan fingerprint density at radius 3 is 2.42 bits per heavy atom. The van der Waals surface area contributed by atoms with E-state index < -0.39 is 0 Å². The summed E-state index contributed by atoms with van der Waals surface area (Å²) in [6, 6.07) is 0.801. The van der Waals surface area contributed by atoms with Crippen LogP contribution in [0.5, 0.6) is 0 Å². The van der Waals surface area contributed by atoms with Crippen molar-refractivity contribution in [2.24, 2.45) is 17.8 Å². The van der Waals surface area contributed by atoms with Gasteiger partial charge in [-0.3, -0.25) is 0 Å². The van der Waals surface area contributed by atoms with Crippen molar-refractivity contribution < 1.29 is 0 Å². The van der Waals surface area contributed by atoms with Crippen LogP contribution in [0.2, 0.25) is 0 Å². The summed E-state index contributed by atoms with van der Waals surface area (Å²) in [4.78, 5) is 0. The zero-order chi connectivity index (χ0) is 13.5. The average Bonchev–Trinajstić information content (AvgIpc) is 3.03. The maximum Gasteiger partial charge on any atom is 0.00668 e. The van der Waals surface area contributed by atoms with Gasteiger partial charge in [0.2, 0.25) is 0 Å². The number of fused-ring (bicyclic) bond motifs is 2. The summed E-state index contributed by atoms with van der Waals surface area (Å²) in [7, 11) is 2.18. The standard InChI is InChI=1S/C18H35N/c1-3-4-5-6-7-8-9-18(19-2)14-17-13-15-10-11-16(17)12-15/h15-19H,3-14H2,1-2H3. The molecule has 0 aromatic heterocycles. The first-order chi connectivity index (χ1) is 9.33. The molecule has 19 heavy (non-hydrogen) atoms. The summed E-state index contributed by atoms with van der Waals surface area (Å²) in [5.74, 6) is 3.28. The van der Waals surface area contributed by atoms with E-state index in [1.807, 2.05) is 0 Å². The van der Waals surface area contributed by atoms with E-state index in [1.165, 1.54) is 51.4 Å². The zero-order valence-electron chi connectivity index (χ0n) is 13.3. The molecule has 112 valence electrons. The van der Waals surface area contributed by atoms with Crippen molar-refractivity contribution in [2.45, 2.75) is 90.0 Å². The molecule has 2 aliphatic carbocycles. The molecular weight excluding hydrogens is 230 g/mol. The summed E-state index contributed by atoms with van der Waals surface area (Å²) < 4.78 is 0. The summed E-state index contributed by atoms with van der Waals surface area (Å²) in [5, 5.41) is 3.59. The van der Waals surface area contributed by atoms with Gasteiger partial charge in [-0.2, -0.15) is 0 Å². The second-order valence-corrected chi connectivity index (χ2v) is 7.21. The van der Waals surface area contributed by atoms with Crippen molar-refractivity contribution >= 4 is 0 Å². The van der Waals surface area contributed by atoms with Gasteiger partial charge >= 0.3 is 0 Å². The van der Waals surface area contributed by atoms with Gasteiger partial charge in [0.25, 0.3) is 0 Å². The van der Waals surface area contributed by atoms with Gasteiger partial charge in [-0.15, -0.1) is 0 Å².